The Hall–Kier alpha value is -4.33. The first kappa shape index (κ1) is 26.3. The second kappa shape index (κ2) is 13.5. The summed E-state index contributed by atoms with van der Waals surface area (Å²) in [5.41, 5.74) is 0.805. The van der Waals surface area contributed by atoms with Gasteiger partial charge >= 0.3 is 17.9 Å². The first-order chi connectivity index (χ1) is 17.5. The minimum absolute atomic E-state index is 0.316. The van der Waals surface area contributed by atoms with Crippen LogP contribution in [0, 0.1) is 0 Å². The number of methoxy groups -OCH3 is 1. The highest BCUT2D eigenvalue weighted by atomic mass is 16.5. The first-order valence-electron chi connectivity index (χ1n) is 11.5. The molecule has 0 bridgehead atoms. The van der Waals surface area contributed by atoms with E-state index in [0.717, 1.165) is 6.08 Å². The van der Waals surface area contributed by atoms with Crippen molar-refractivity contribution in [3.8, 4) is 11.5 Å². The van der Waals surface area contributed by atoms with E-state index in [1.807, 2.05) is 0 Å². The van der Waals surface area contributed by atoms with Crippen LogP contribution < -0.4 is 9.47 Å². The van der Waals surface area contributed by atoms with Crippen LogP contribution in [0.4, 0.5) is 0 Å². The van der Waals surface area contributed by atoms with Gasteiger partial charge in [0.05, 0.1) is 31.5 Å². The van der Waals surface area contributed by atoms with E-state index in [1.165, 1.54) is 0 Å². The normalized spacial score (nSPS) is 12.5. The van der Waals surface area contributed by atoms with Crippen molar-refractivity contribution >= 4 is 17.9 Å². The molecule has 0 saturated carbocycles. The molecule has 0 saturated heterocycles. The van der Waals surface area contributed by atoms with Crippen molar-refractivity contribution < 1.29 is 38.1 Å². The zero-order chi connectivity index (χ0) is 25.8. The molecule has 8 heteroatoms. The smallest absolute Gasteiger partial charge is 0.343 e. The largest absolute Gasteiger partial charge is 0.497 e. The highest BCUT2D eigenvalue weighted by Crippen LogP contribution is 2.23. The van der Waals surface area contributed by atoms with Crippen molar-refractivity contribution in [3.05, 3.63) is 96.0 Å². The highest BCUT2D eigenvalue weighted by Gasteiger charge is 2.17. The van der Waals surface area contributed by atoms with Crippen LogP contribution >= 0.6 is 0 Å². The molecule has 188 valence electrons. The van der Waals surface area contributed by atoms with E-state index in [2.05, 4.69) is 6.58 Å². The number of carbonyl (C=O) groups is 3. The van der Waals surface area contributed by atoms with Gasteiger partial charge < -0.3 is 23.7 Å². The van der Waals surface area contributed by atoms with Gasteiger partial charge in [-0.25, -0.2) is 14.4 Å². The lowest BCUT2D eigenvalue weighted by atomic mass is 10.1. The van der Waals surface area contributed by atoms with Crippen LogP contribution in [0.25, 0.3) is 0 Å². The van der Waals surface area contributed by atoms with E-state index < -0.39 is 17.9 Å². The monoisotopic (exact) mass is 492 g/mol. The minimum Gasteiger partial charge on any atom is -0.497 e. The summed E-state index contributed by atoms with van der Waals surface area (Å²) < 4.78 is 26.5. The van der Waals surface area contributed by atoms with Crippen molar-refractivity contribution in [2.75, 3.05) is 20.3 Å². The predicted molar refractivity (Wildman–Crippen MR) is 132 cm³/mol. The first-order valence-corrected chi connectivity index (χ1v) is 11.5. The Morgan fingerprint density at radius 3 is 1.75 bits per heavy atom. The van der Waals surface area contributed by atoms with E-state index in [4.69, 9.17) is 23.7 Å². The number of hydrogen-bond acceptors (Lipinski definition) is 8. The molecule has 3 rings (SSSR count). The number of allylic oxidation sites excluding steroid dienone is 4. The van der Waals surface area contributed by atoms with Gasteiger partial charge in [0.2, 0.25) is 0 Å². The van der Waals surface area contributed by atoms with Gasteiger partial charge in [-0.05, 0) is 73.5 Å². The summed E-state index contributed by atoms with van der Waals surface area (Å²) >= 11 is 0. The fourth-order valence-electron chi connectivity index (χ4n) is 3.17. The van der Waals surface area contributed by atoms with Gasteiger partial charge in [-0.1, -0.05) is 6.58 Å². The van der Waals surface area contributed by atoms with E-state index in [1.54, 1.807) is 67.8 Å². The van der Waals surface area contributed by atoms with Gasteiger partial charge in [0.25, 0.3) is 0 Å². The third-order valence-electron chi connectivity index (χ3n) is 5.15. The molecule has 8 nitrogen and oxygen atoms in total. The number of unbranched alkanes of at least 4 members (excludes halogenated alkanes) is 1. The highest BCUT2D eigenvalue weighted by molar-refractivity contribution is 5.91. The molecule has 36 heavy (non-hydrogen) atoms. The van der Waals surface area contributed by atoms with Gasteiger partial charge in [-0.15, -0.1) is 0 Å². The molecule has 0 heterocycles. The van der Waals surface area contributed by atoms with Crippen LogP contribution in [0.5, 0.6) is 11.5 Å². The number of esters is 3. The van der Waals surface area contributed by atoms with Crippen LogP contribution in [-0.2, 0) is 19.0 Å². The minimum atomic E-state index is -0.482. The second-order valence-electron chi connectivity index (χ2n) is 7.73. The van der Waals surface area contributed by atoms with Crippen molar-refractivity contribution in [2.45, 2.75) is 25.7 Å². The van der Waals surface area contributed by atoms with Gasteiger partial charge in [0.1, 0.15) is 23.0 Å². The molecule has 0 fully saturated rings. The fourth-order valence-corrected chi connectivity index (χ4v) is 3.17. The predicted octanol–water partition coefficient (Wildman–Crippen LogP) is 5.16. The van der Waals surface area contributed by atoms with Crippen LogP contribution in [0.15, 0.2) is 84.9 Å². The maximum absolute atomic E-state index is 12.5. The Balaban J connectivity index is 1.42. The molecule has 0 radical (unpaired) electrons. The maximum Gasteiger partial charge on any atom is 0.343 e. The Morgan fingerprint density at radius 2 is 1.28 bits per heavy atom. The Labute approximate surface area is 209 Å². The quantitative estimate of drug-likeness (QED) is 0.173. The molecule has 2 aromatic rings. The van der Waals surface area contributed by atoms with E-state index in [0.29, 0.717) is 73.0 Å². The lowest BCUT2D eigenvalue weighted by molar-refractivity contribution is -0.137. The lowest BCUT2D eigenvalue weighted by Gasteiger charge is -2.15. The van der Waals surface area contributed by atoms with Crippen molar-refractivity contribution in [1.82, 2.24) is 0 Å². The van der Waals surface area contributed by atoms with Gasteiger partial charge in [0.15, 0.2) is 0 Å². The van der Waals surface area contributed by atoms with Gasteiger partial charge in [0, 0.05) is 18.9 Å². The van der Waals surface area contributed by atoms with E-state index in [9.17, 15) is 14.4 Å². The second-order valence-corrected chi connectivity index (χ2v) is 7.73. The molecular weight excluding hydrogens is 464 g/mol. The molecular formula is C28H28O8. The summed E-state index contributed by atoms with van der Waals surface area (Å²) in [5, 5.41) is 0. The summed E-state index contributed by atoms with van der Waals surface area (Å²) in [5.74, 6) is 0.878. The van der Waals surface area contributed by atoms with Crippen LogP contribution in [-0.4, -0.2) is 38.2 Å². The zero-order valence-corrected chi connectivity index (χ0v) is 20.1. The Bertz CT molecular complexity index is 1130. The lowest BCUT2D eigenvalue weighted by Crippen LogP contribution is -2.10. The van der Waals surface area contributed by atoms with Crippen LogP contribution in [0.3, 0.4) is 0 Å². The van der Waals surface area contributed by atoms with E-state index in [-0.39, 0.29) is 0 Å². The maximum atomic E-state index is 12.5. The molecule has 1 aliphatic carbocycles. The molecule has 0 N–H and O–H groups in total. The number of carbonyl (C=O) groups excluding carboxylic acids is 3. The molecule has 0 spiro atoms. The van der Waals surface area contributed by atoms with Crippen molar-refractivity contribution in [1.29, 1.82) is 0 Å². The number of hydrogen-bond donors (Lipinski definition) is 0. The standard InChI is InChI=1S/C28H28O8/c1-3-26(29)34-19-5-4-18-33-23-12-8-21(9-13-23)28(31)36-25-16-14-24(15-17-25)35-27(30)20-6-10-22(32-2)11-7-20/h3,6-14,16H,1,4-5,15,17-19H2,2H3. The Morgan fingerprint density at radius 1 is 0.778 bits per heavy atom. The molecule has 0 atom stereocenters. The topological polar surface area (TPSA) is 97.4 Å². The van der Waals surface area contributed by atoms with Crippen molar-refractivity contribution in [3.63, 3.8) is 0 Å². The average Bonchev–Trinajstić information content (AvgIpc) is 2.91. The molecule has 1 aliphatic rings. The Kier molecular flexibility index (Phi) is 9.88. The molecule has 0 amide bonds. The molecule has 0 unspecified atom stereocenters. The number of rotatable bonds is 12. The van der Waals surface area contributed by atoms with Crippen LogP contribution in [0.1, 0.15) is 46.4 Å². The number of ether oxygens (including phenoxy) is 5. The third kappa shape index (κ3) is 8.16. The third-order valence-corrected chi connectivity index (χ3v) is 5.15. The SMILES string of the molecule is C=CC(=O)OCCCCOc1ccc(C(=O)OC2=CC=C(OC(=O)c3ccc(OC)cc3)CC2)cc1. The summed E-state index contributed by atoms with van der Waals surface area (Å²) in [6.45, 7) is 4.11. The summed E-state index contributed by atoms with van der Waals surface area (Å²) in [6, 6.07) is 13.3. The van der Waals surface area contributed by atoms with Crippen molar-refractivity contribution in [2.24, 2.45) is 0 Å². The fraction of sp³-hybridized carbons (Fsp3) is 0.250. The zero-order valence-electron chi connectivity index (χ0n) is 20.1. The van der Waals surface area contributed by atoms with Crippen LogP contribution in [0.2, 0.25) is 0 Å². The summed E-state index contributed by atoms with van der Waals surface area (Å²) in [6.07, 6.45) is 6.63. The average molecular weight is 493 g/mol. The summed E-state index contributed by atoms with van der Waals surface area (Å²) in [7, 11) is 1.55. The molecule has 0 aromatic heterocycles. The van der Waals surface area contributed by atoms with Gasteiger partial charge in [-0.3, -0.25) is 0 Å². The number of benzene rings is 2. The summed E-state index contributed by atoms with van der Waals surface area (Å²) in [4.78, 5) is 35.7. The van der Waals surface area contributed by atoms with E-state index >= 15 is 0 Å². The molecule has 2 aromatic carbocycles. The van der Waals surface area contributed by atoms with Gasteiger partial charge in [-0.2, -0.15) is 0 Å². The molecule has 0 aliphatic heterocycles.